The fraction of sp³-hybridized carbons (Fsp3) is 0.0169. The number of fused-ring (bicyclic) bond motifs is 1. The largest absolute Gasteiger partial charge is 0.310 e. The summed E-state index contributed by atoms with van der Waals surface area (Å²) in [7, 11) is 0. The lowest BCUT2D eigenvalue weighted by molar-refractivity contribution is 1.28. The summed E-state index contributed by atoms with van der Waals surface area (Å²) >= 11 is 0. The third-order valence-corrected chi connectivity index (χ3v) is 11.6. The van der Waals surface area contributed by atoms with Gasteiger partial charge < -0.3 is 4.90 Å². The van der Waals surface area contributed by atoms with Gasteiger partial charge in [-0.1, -0.05) is 194 Å². The lowest BCUT2D eigenvalue weighted by atomic mass is 9.87. The molecule has 0 amide bonds. The van der Waals surface area contributed by atoms with Gasteiger partial charge in [0.25, 0.3) is 0 Å². The van der Waals surface area contributed by atoms with E-state index in [1.807, 2.05) is 0 Å². The maximum atomic E-state index is 2.39. The van der Waals surface area contributed by atoms with Crippen LogP contribution < -0.4 is 4.90 Å². The van der Waals surface area contributed by atoms with Crippen molar-refractivity contribution in [2.24, 2.45) is 0 Å². The third kappa shape index (κ3) is 7.30. The zero-order valence-corrected chi connectivity index (χ0v) is 33.5. The van der Waals surface area contributed by atoms with E-state index < -0.39 is 0 Å². The Bertz CT molecular complexity index is 3040. The molecule has 0 saturated carbocycles. The molecule has 0 heterocycles. The van der Waals surface area contributed by atoms with Crippen LogP contribution in [-0.4, -0.2) is 0 Å². The standard InChI is InChI=1S/C59H43N/c1-42-38-57(51-27-26-44-18-14-15-25-50(44)39-51)59(48-23-12-5-13-24-48)41-56(42)49-30-34-53(35-31-49)60(52-32-28-45(29-33-52)43-16-6-2-7-17-43)54-36-37-55(46-19-8-3-9-20-46)58(40-54)47-21-10-4-11-22-47/h2-41H,1H3. The SMILES string of the molecule is Cc1cc(-c2ccc3ccccc3c2)c(-c2ccccc2)cc1-c1ccc(N(c2ccc(-c3ccccc3)cc2)c2ccc(-c3ccccc3)c(-c3ccccc3)c2)cc1. The van der Waals surface area contributed by atoms with Crippen LogP contribution in [0.3, 0.4) is 0 Å². The summed E-state index contributed by atoms with van der Waals surface area (Å²) in [5.41, 5.74) is 19.0. The Morgan fingerprint density at radius 1 is 0.233 bits per heavy atom. The molecular weight excluding hydrogens is 723 g/mol. The number of rotatable bonds is 9. The summed E-state index contributed by atoms with van der Waals surface area (Å²) in [6.07, 6.45) is 0. The molecule has 1 nitrogen and oxygen atoms in total. The molecule has 0 saturated heterocycles. The van der Waals surface area contributed by atoms with Gasteiger partial charge in [0, 0.05) is 17.1 Å². The fourth-order valence-electron chi connectivity index (χ4n) is 8.54. The zero-order valence-electron chi connectivity index (χ0n) is 33.5. The topological polar surface area (TPSA) is 3.24 Å². The predicted molar refractivity (Wildman–Crippen MR) is 256 cm³/mol. The second-order valence-corrected chi connectivity index (χ2v) is 15.4. The number of hydrogen-bond donors (Lipinski definition) is 0. The smallest absolute Gasteiger partial charge is 0.0468 e. The molecule has 0 fully saturated rings. The number of hydrogen-bond acceptors (Lipinski definition) is 1. The van der Waals surface area contributed by atoms with E-state index in [0.717, 1.165) is 17.1 Å². The average Bonchev–Trinajstić information content (AvgIpc) is 3.33. The van der Waals surface area contributed by atoms with Crippen LogP contribution in [0.4, 0.5) is 17.1 Å². The Morgan fingerprint density at radius 3 is 1.22 bits per heavy atom. The van der Waals surface area contributed by atoms with Crippen molar-refractivity contribution in [3.05, 3.63) is 248 Å². The third-order valence-electron chi connectivity index (χ3n) is 11.6. The van der Waals surface area contributed by atoms with Gasteiger partial charge in [0.2, 0.25) is 0 Å². The predicted octanol–water partition coefficient (Wildman–Crippen LogP) is 16.6. The highest BCUT2D eigenvalue weighted by Crippen LogP contribution is 2.43. The minimum absolute atomic E-state index is 1.09. The molecule has 0 atom stereocenters. The van der Waals surface area contributed by atoms with E-state index in [9.17, 15) is 0 Å². The van der Waals surface area contributed by atoms with Crippen molar-refractivity contribution < 1.29 is 0 Å². The van der Waals surface area contributed by atoms with E-state index in [1.165, 1.54) is 83.1 Å². The van der Waals surface area contributed by atoms with Gasteiger partial charge in [-0.15, -0.1) is 0 Å². The second-order valence-electron chi connectivity index (χ2n) is 15.4. The Labute approximate surface area is 353 Å². The summed E-state index contributed by atoms with van der Waals surface area (Å²) in [6.45, 7) is 2.24. The molecule has 284 valence electrons. The van der Waals surface area contributed by atoms with E-state index >= 15 is 0 Å². The molecule has 60 heavy (non-hydrogen) atoms. The molecule has 0 aliphatic heterocycles. The highest BCUT2D eigenvalue weighted by Gasteiger charge is 2.18. The van der Waals surface area contributed by atoms with Crippen molar-refractivity contribution in [2.45, 2.75) is 6.92 Å². The first kappa shape index (κ1) is 36.6. The minimum atomic E-state index is 1.09. The Hall–Kier alpha value is -7.74. The number of benzene rings is 10. The minimum Gasteiger partial charge on any atom is -0.310 e. The highest BCUT2D eigenvalue weighted by molar-refractivity contribution is 5.94. The van der Waals surface area contributed by atoms with E-state index in [4.69, 9.17) is 0 Å². The lowest BCUT2D eigenvalue weighted by Crippen LogP contribution is -2.10. The van der Waals surface area contributed by atoms with Crippen LogP contribution in [0.15, 0.2) is 243 Å². The molecule has 0 bridgehead atoms. The van der Waals surface area contributed by atoms with Crippen LogP contribution >= 0.6 is 0 Å². The van der Waals surface area contributed by atoms with Gasteiger partial charge >= 0.3 is 0 Å². The summed E-state index contributed by atoms with van der Waals surface area (Å²) in [5, 5.41) is 2.50. The first-order valence-corrected chi connectivity index (χ1v) is 20.7. The summed E-state index contributed by atoms with van der Waals surface area (Å²) in [5.74, 6) is 0. The van der Waals surface area contributed by atoms with Gasteiger partial charge in [-0.3, -0.25) is 0 Å². The maximum absolute atomic E-state index is 2.39. The molecule has 0 aromatic heterocycles. The molecule has 1 heteroatoms. The van der Waals surface area contributed by atoms with Gasteiger partial charge in [0.1, 0.15) is 0 Å². The summed E-state index contributed by atoms with van der Waals surface area (Å²) < 4.78 is 0. The van der Waals surface area contributed by atoms with Gasteiger partial charge in [0.05, 0.1) is 0 Å². The van der Waals surface area contributed by atoms with E-state index in [1.54, 1.807) is 0 Å². The van der Waals surface area contributed by atoms with E-state index in [2.05, 4.69) is 254 Å². The fourth-order valence-corrected chi connectivity index (χ4v) is 8.54. The number of aryl methyl sites for hydroxylation is 1. The second kappa shape index (κ2) is 16.3. The molecule has 0 aliphatic carbocycles. The first-order valence-electron chi connectivity index (χ1n) is 20.7. The Balaban J connectivity index is 1.09. The molecule has 0 aliphatic rings. The van der Waals surface area contributed by atoms with Gasteiger partial charge in [-0.25, -0.2) is 0 Å². The van der Waals surface area contributed by atoms with Crippen molar-refractivity contribution in [1.82, 2.24) is 0 Å². The number of anilines is 3. The van der Waals surface area contributed by atoms with Gasteiger partial charge in [-0.05, 0) is 139 Å². The zero-order chi connectivity index (χ0) is 40.3. The van der Waals surface area contributed by atoms with Crippen molar-refractivity contribution in [2.75, 3.05) is 4.90 Å². The molecular formula is C59H43N. The van der Waals surface area contributed by atoms with Gasteiger partial charge in [-0.2, -0.15) is 0 Å². The van der Waals surface area contributed by atoms with E-state index in [-0.39, 0.29) is 0 Å². The molecule has 0 unspecified atom stereocenters. The molecule has 10 rings (SSSR count). The van der Waals surface area contributed by atoms with Crippen LogP contribution in [0.5, 0.6) is 0 Å². The maximum Gasteiger partial charge on any atom is 0.0468 e. The summed E-state index contributed by atoms with van der Waals surface area (Å²) in [6, 6.07) is 87.9. The van der Waals surface area contributed by atoms with Crippen molar-refractivity contribution in [1.29, 1.82) is 0 Å². The lowest BCUT2D eigenvalue weighted by Gasteiger charge is -2.27. The average molecular weight is 766 g/mol. The van der Waals surface area contributed by atoms with Crippen LogP contribution in [0, 0.1) is 6.92 Å². The monoisotopic (exact) mass is 765 g/mol. The number of nitrogens with zero attached hydrogens (tertiary/aromatic N) is 1. The van der Waals surface area contributed by atoms with Crippen LogP contribution in [0.1, 0.15) is 5.56 Å². The molecule has 0 spiro atoms. The normalized spacial score (nSPS) is 11.1. The Kier molecular flexibility index (Phi) is 9.91. The van der Waals surface area contributed by atoms with Crippen molar-refractivity contribution in [3.8, 4) is 66.8 Å². The van der Waals surface area contributed by atoms with E-state index in [0.29, 0.717) is 0 Å². The molecule has 10 aromatic carbocycles. The van der Waals surface area contributed by atoms with Crippen molar-refractivity contribution in [3.63, 3.8) is 0 Å². The molecule has 0 radical (unpaired) electrons. The van der Waals surface area contributed by atoms with Crippen LogP contribution in [0.2, 0.25) is 0 Å². The quantitative estimate of drug-likeness (QED) is 0.141. The molecule has 0 N–H and O–H groups in total. The van der Waals surface area contributed by atoms with Crippen molar-refractivity contribution >= 4 is 27.8 Å². The van der Waals surface area contributed by atoms with Crippen LogP contribution in [0.25, 0.3) is 77.5 Å². The molecule has 10 aromatic rings. The van der Waals surface area contributed by atoms with Crippen LogP contribution in [-0.2, 0) is 0 Å². The first-order chi connectivity index (χ1) is 29.7. The summed E-state index contributed by atoms with van der Waals surface area (Å²) in [4.78, 5) is 2.38. The highest BCUT2D eigenvalue weighted by atomic mass is 15.1. The van der Waals surface area contributed by atoms with Gasteiger partial charge in [0.15, 0.2) is 0 Å². The Morgan fingerprint density at radius 2 is 0.633 bits per heavy atom.